The third kappa shape index (κ3) is 5.43. The summed E-state index contributed by atoms with van der Waals surface area (Å²) in [4.78, 5) is 18.1. The minimum atomic E-state index is -0.270. The molecule has 1 aromatic heterocycles. The summed E-state index contributed by atoms with van der Waals surface area (Å²) in [5.74, 6) is 1.32. The molecule has 0 radical (unpaired) electrons. The van der Waals surface area contributed by atoms with Crippen molar-refractivity contribution in [3.8, 4) is 22.9 Å². The van der Waals surface area contributed by atoms with Crippen LogP contribution >= 0.6 is 27.5 Å². The topological polar surface area (TPSA) is 65.7 Å². The van der Waals surface area contributed by atoms with Crippen molar-refractivity contribution in [2.75, 3.05) is 7.11 Å². The second-order valence-corrected chi connectivity index (χ2v) is 9.45. The van der Waals surface area contributed by atoms with E-state index in [4.69, 9.17) is 26.1 Å². The molecule has 0 aliphatic heterocycles. The number of hydrogen-bond donors (Lipinski definition) is 0. The molecule has 0 saturated heterocycles. The van der Waals surface area contributed by atoms with Gasteiger partial charge >= 0.3 is 0 Å². The van der Waals surface area contributed by atoms with E-state index < -0.39 is 0 Å². The van der Waals surface area contributed by atoms with Gasteiger partial charge in [0.25, 0.3) is 5.56 Å². The van der Waals surface area contributed by atoms with Crippen molar-refractivity contribution in [3.05, 3.63) is 122 Å². The van der Waals surface area contributed by atoms with Crippen molar-refractivity contribution >= 4 is 44.6 Å². The summed E-state index contributed by atoms with van der Waals surface area (Å²) < 4.78 is 13.8. The monoisotopic (exact) mass is 573 g/mol. The molecule has 184 valence electrons. The molecule has 5 rings (SSSR count). The molecular formula is C29H21BrClN3O3. The fourth-order valence-electron chi connectivity index (χ4n) is 3.82. The van der Waals surface area contributed by atoms with Crippen LogP contribution in [0, 0.1) is 0 Å². The molecule has 0 saturated carbocycles. The van der Waals surface area contributed by atoms with Crippen LogP contribution in [0.2, 0.25) is 5.02 Å². The number of fused-ring (bicyclic) bond motifs is 1. The number of hydrogen-bond acceptors (Lipinski definition) is 5. The van der Waals surface area contributed by atoms with Gasteiger partial charge in [0.2, 0.25) is 0 Å². The molecule has 0 atom stereocenters. The van der Waals surface area contributed by atoms with E-state index in [9.17, 15) is 4.79 Å². The molecule has 0 fully saturated rings. The molecule has 0 aliphatic rings. The Labute approximate surface area is 226 Å². The first kappa shape index (κ1) is 24.7. The molecule has 6 nitrogen and oxygen atoms in total. The lowest BCUT2D eigenvalue weighted by Crippen LogP contribution is -2.20. The number of para-hydroxylation sites is 1. The predicted octanol–water partition coefficient (Wildman–Crippen LogP) is 6.95. The van der Waals surface area contributed by atoms with Crippen LogP contribution in [0.25, 0.3) is 22.3 Å². The van der Waals surface area contributed by atoms with Crippen LogP contribution in [0.3, 0.4) is 0 Å². The van der Waals surface area contributed by atoms with Crippen molar-refractivity contribution in [1.29, 1.82) is 0 Å². The lowest BCUT2D eigenvalue weighted by molar-refractivity contribution is 0.284. The first-order valence-corrected chi connectivity index (χ1v) is 12.6. The molecule has 0 bridgehead atoms. The van der Waals surface area contributed by atoms with Crippen molar-refractivity contribution in [2.24, 2.45) is 5.10 Å². The zero-order valence-corrected chi connectivity index (χ0v) is 22.1. The first-order chi connectivity index (χ1) is 18.0. The van der Waals surface area contributed by atoms with E-state index >= 15 is 0 Å². The minimum absolute atomic E-state index is 0.270. The van der Waals surface area contributed by atoms with Gasteiger partial charge in [-0.3, -0.25) is 4.79 Å². The number of ether oxygens (including phenoxy) is 2. The molecule has 4 aromatic carbocycles. The first-order valence-electron chi connectivity index (χ1n) is 11.4. The fourth-order valence-corrected chi connectivity index (χ4v) is 4.36. The second kappa shape index (κ2) is 11.0. The van der Waals surface area contributed by atoms with E-state index in [1.807, 2.05) is 66.7 Å². The van der Waals surface area contributed by atoms with E-state index in [0.717, 1.165) is 15.6 Å². The van der Waals surface area contributed by atoms with Gasteiger partial charge in [-0.2, -0.15) is 9.78 Å². The van der Waals surface area contributed by atoms with Gasteiger partial charge in [-0.1, -0.05) is 82.1 Å². The second-order valence-electron chi connectivity index (χ2n) is 8.13. The average Bonchev–Trinajstić information content (AvgIpc) is 2.93. The van der Waals surface area contributed by atoms with E-state index in [1.165, 1.54) is 4.68 Å². The Morgan fingerprint density at radius 1 is 1.00 bits per heavy atom. The van der Waals surface area contributed by atoms with Crippen LogP contribution in [0.5, 0.6) is 11.5 Å². The molecule has 8 heteroatoms. The Hall–Kier alpha value is -3.94. The quantitative estimate of drug-likeness (QED) is 0.197. The van der Waals surface area contributed by atoms with Crippen LogP contribution in [-0.4, -0.2) is 23.0 Å². The Kier molecular flexibility index (Phi) is 7.35. The van der Waals surface area contributed by atoms with Crippen LogP contribution in [0.1, 0.15) is 11.1 Å². The Bertz CT molecular complexity index is 1650. The van der Waals surface area contributed by atoms with Gasteiger partial charge in [0.15, 0.2) is 17.3 Å². The number of aromatic nitrogens is 2. The number of benzene rings is 4. The zero-order chi connectivity index (χ0) is 25.8. The SMILES string of the molecule is COc1cc(C=Nn2c(-c3ccccc3)nc3ccccc3c2=O)cc(Cl)c1OCc1ccc(Br)cc1. The standard InChI is InChI=1S/C29H21BrClN3O3/c1-36-26-16-20(15-24(31)27(26)37-18-19-11-13-22(30)14-12-19)17-32-34-28(21-7-3-2-4-8-21)33-25-10-6-5-9-23(25)29(34)35/h2-17H,18H2,1H3. The lowest BCUT2D eigenvalue weighted by Gasteiger charge is -2.13. The summed E-state index contributed by atoms with van der Waals surface area (Å²) in [6.45, 7) is 0.329. The van der Waals surface area contributed by atoms with Crippen LogP contribution in [0.4, 0.5) is 0 Å². The lowest BCUT2D eigenvalue weighted by atomic mass is 10.2. The molecule has 0 unspecified atom stereocenters. The molecule has 0 N–H and O–H groups in total. The van der Waals surface area contributed by atoms with E-state index in [-0.39, 0.29) is 5.56 Å². The summed E-state index contributed by atoms with van der Waals surface area (Å²) in [7, 11) is 1.55. The molecular weight excluding hydrogens is 554 g/mol. The maximum Gasteiger partial charge on any atom is 0.282 e. The fraction of sp³-hybridized carbons (Fsp3) is 0.0690. The summed E-state index contributed by atoms with van der Waals surface area (Å²) in [6.07, 6.45) is 1.55. The molecule has 5 aromatic rings. The smallest absolute Gasteiger partial charge is 0.282 e. The highest BCUT2D eigenvalue weighted by Gasteiger charge is 2.14. The van der Waals surface area contributed by atoms with Crippen molar-refractivity contribution in [2.45, 2.75) is 6.61 Å². The highest BCUT2D eigenvalue weighted by atomic mass is 79.9. The van der Waals surface area contributed by atoms with Gasteiger partial charge in [0.05, 0.1) is 29.2 Å². The van der Waals surface area contributed by atoms with Crippen molar-refractivity contribution in [3.63, 3.8) is 0 Å². The molecule has 37 heavy (non-hydrogen) atoms. The summed E-state index contributed by atoms with van der Waals surface area (Å²) >= 11 is 10.00. The highest BCUT2D eigenvalue weighted by Crippen LogP contribution is 2.36. The highest BCUT2D eigenvalue weighted by molar-refractivity contribution is 9.10. The molecule has 0 spiro atoms. The van der Waals surface area contributed by atoms with E-state index in [1.54, 1.807) is 37.6 Å². The third-order valence-electron chi connectivity index (χ3n) is 5.66. The average molecular weight is 575 g/mol. The molecule has 0 aliphatic carbocycles. The predicted molar refractivity (Wildman–Crippen MR) is 151 cm³/mol. The van der Waals surface area contributed by atoms with Gasteiger partial charge in [-0.25, -0.2) is 4.98 Å². The normalized spacial score (nSPS) is 11.2. The third-order valence-corrected chi connectivity index (χ3v) is 6.47. The van der Waals surface area contributed by atoms with Crippen LogP contribution in [-0.2, 0) is 6.61 Å². The van der Waals surface area contributed by atoms with Gasteiger partial charge in [0, 0.05) is 10.0 Å². The maximum atomic E-state index is 13.4. The number of halogens is 2. The summed E-state index contributed by atoms with van der Waals surface area (Å²) in [6, 6.07) is 28.0. The zero-order valence-electron chi connectivity index (χ0n) is 19.8. The molecule has 0 amide bonds. The Morgan fingerprint density at radius 3 is 2.49 bits per heavy atom. The maximum absolute atomic E-state index is 13.4. The number of rotatable bonds is 7. The minimum Gasteiger partial charge on any atom is -0.493 e. The van der Waals surface area contributed by atoms with Gasteiger partial charge in [-0.15, -0.1) is 0 Å². The van der Waals surface area contributed by atoms with Crippen molar-refractivity contribution in [1.82, 2.24) is 9.66 Å². The van der Waals surface area contributed by atoms with Crippen LogP contribution < -0.4 is 15.0 Å². The summed E-state index contributed by atoms with van der Waals surface area (Å²) in [5.41, 5.74) is 2.73. The van der Waals surface area contributed by atoms with Gasteiger partial charge in [-0.05, 0) is 47.5 Å². The van der Waals surface area contributed by atoms with Gasteiger partial charge < -0.3 is 9.47 Å². The largest absolute Gasteiger partial charge is 0.493 e. The van der Waals surface area contributed by atoms with E-state index in [0.29, 0.717) is 45.4 Å². The number of methoxy groups -OCH3 is 1. The summed E-state index contributed by atoms with van der Waals surface area (Å²) in [5, 5.41) is 5.35. The Morgan fingerprint density at radius 2 is 1.73 bits per heavy atom. The molecule has 1 heterocycles. The number of nitrogens with zero attached hydrogens (tertiary/aromatic N) is 3. The van der Waals surface area contributed by atoms with Crippen molar-refractivity contribution < 1.29 is 9.47 Å². The Balaban J connectivity index is 1.51. The van der Waals surface area contributed by atoms with E-state index in [2.05, 4.69) is 21.0 Å². The van der Waals surface area contributed by atoms with Gasteiger partial charge in [0.1, 0.15) is 6.61 Å². The van der Waals surface area contributed by atoms with Crippen LogP contribution in [0.15, 0.2) is 105 Å².